The highest BCUT2D eigenvalue weighted by Crippen LogP contribution is 2.38. The fraction of sp³-hybridized carbons (Fsp3) is 0.500. The average Bonchev–Trinajstić information content (AvgIpc) is 2.50. The summed E-state index contributed by atoms with van der Waals surface area (Å²) in [6.45, 7) is 4.24. The van der Waals surface area contributed by atoms with Gasteiger partial charge in [-0.05, 0) is 19.4 Å². The molecule has 5 heteroatoms. The quantitative estimate of drug-likeness (QED) is 0.900. The van der Waals surface area contributed by atoms with Gasteiger partial charge in [-0.1, -0.05) is 25.1 Å². The van der Waals surface area contributed by atoms with Crippen LogP contribution in [0.4, 0.5) is 0 Å². The number of nitrogens with zero attached hydrogens (tertiary/aromatic N) is 1. The van der Waals surface area contributed by atoms with Crippen LogP contribution in [0.2, 0.25) is 0 Å². The smallest absolute Gasteiger partial charge is 0.246 e. The van der Waals surface area contributed by atoms with Crippen LogP contribution in [0.5, 0.6) is 5.75 Å². The molecule has 112 valence electrons. The molecule has 3 atom stereocenters. The number of carbonyl (C=O) groups excluding carboxylic acids is 2. The van der Waals surface area contributed by atoms with E-state index in [9.17, 15) is 9.59 Å². The molecule has 1 aromatic carbocycles. The Morgan fingerprint density at radius 3 is 2.86 bits per heavy atom. The summed E-state index contributed by atoms with van der Waals surface area (Å²) in [5, 5.41) is 2.76. The Hall–Kier alpha value is -2.04. The molecule has 1 saturated heterocycles. The first-order valence-electron chi connectivity index (χ1n) is 7.47. The number of hydrogen-bond donors (Lipinski definition) is 1. The van der Waals surface area contributed by atoms with Crippen LogP contribution in [-0.2, 0) is 9.59 Å². The van der Waals surface area contributed by atoms with Crippen molar-refractivity contribution in [2.24, 2.45) is 0 Å². The second kappa shape index (κ2) is 5.39. The zero-order valence-corrected chi connectivity index (χ0v) is 12.3. The zero-order valence-electron chi connectivity index (χ0n) is 12.3. The Morgan fingerprint density at radius 1 is 1.33 bits per heavy atom. The van der Waals surface area contributed by atoms with Gasteiger partial charge < -0.3 is 15.0 Å². The number of fused-ring (bicyclic) bond motifs is 1. The molecule has 2 aliphatic heterocycles. The van der Waals surface area contributed by atoms with E-state index in [-0.39, 0.29) is 17.9 Å². The van der Waals surface area contributed by atoms with E-state index in [1.165, 1.54) is 0 Å². The van der Waals surface area contributed by atoms with Gasteiger partial charge >= 0.3 is 0 Å². The third kappa shape index (κ3) is 2.26. The Balaban J connectivity index is 2.01. The van der Waals surface area contributed by atoms with Gasteiger partial charge in [-0.2, -0.15) is 0 Å². The van der Waals surface area contributed by atoms with E-state index in [2.05, 4.69) is 5.32 Å². The van der Waals surface area contributed by atoms with Gasteiger partial charge in [-0.25, -0.2) is 0 Å². The number of benzene rings is 1. The van der Waals surface area contributed by atoms with Gasteiger partial charge in [-0.15, -0.1) is 0 Å². The largest absolute Gasteiger partial charge is 0.493 e. The lowest BCUT2D eigenvalue weighted by atomic mass is 9.94. The molecule has 1 fully saturated rings. The summed E-state index contributed by atoms with van der Waals surface area (Å²) in [5.41, 5.74) is 0.998. The van der Waals surface area contributed by atoms with E-state index < -0.39 is 12.1 Å². The highest BCUT2D eigenvalue weighted by atomic mass is 16.5. The maximum absolute atomic E-state index is 12.6. The minimum atomic E-state index is -0.463. The van der Waals surface area contributed by atoms with E-state index >= 15 is 0 Å². The minimum Gasteiger partial charge on any atom is -0.493 e. The van der Waals surface area contributed by atoms with Gasteiger partial charge in [0.25, 0.3) is 0 Å². The first kappa shape index (κ1) is 13.9. The van der Waals surface area contributed by atoms with E-state index in [1.807, 2.05) is 31.2 Å². The lowest BCUT2D eigenvalue weighted by Crippen LogP contribution is -2.63. The molecule has 3 unspecified atom stereocenters. The summed E-state index contributed by atoms with van der Waals surface area (Å²) in [4.78, 5) is 26.6. The highest BCUT2D eigenvalue weighted by Gasteiger charge is 2.43. The standard InChI is InChI=1S/C16H20N2O3/c1-3-12-15(19)17-10(2)16(20)18(12)13-8-9-21-14-7-5-4-6-11(13)14/h4-7,10,12-13H,3,8-9H2,1-2H3,(H,17,19). The number of amides is 2. The van der Waals surface area contributed by atoms with Crippen molar-refractivity contribution in [1.82, 2.24) is 10.2 Å². The summed E-state index contributed by atoms with van der Waals surface area (Å²) in [5.74, 6) is 0.742. The lowest BCUT2D eigenvalue weighted by molar-refractivity contribution is -0.152. The van der Waals surface area contributed by atoms with Crippen LogP contribution in [0.1, 0.15) is 38.3 Å². The van der Waals surface area contributed by atoms with Gasteiger partial charge in [0.2, 0.25) is 11.8 Å². The topological polar surface area (TPSA) is 58.6 Å². The van der Waals surface area contributed by atoms with Crippen LogP contribution in [0.3, 0.4) is 0 Å². The van der Waals surface area contributed by atoms with E-state index in [0.29, 0.717) is 13.0 Å². The van der Waals surface area contributed by atoms with E-state index in [1.54, 1.807) is 11.8 Å². The Kier molecular flexibility index (Phi) is 3.57. The van der Waals surface area contributed by atoms with Crippen molar-refractivity contribution in [3.05, 3.63) is 29.8 Å². The van der Waals surface area contributed by atoms with Gasteiger partial charge in [0.15, 0.2) is 0 Å². The molecule has 0 spiro atoms. The number of hydrogen-bond acceptors (Lipinski definition) is 3. The third-order valence-electron chi connectivity index (χ3n) is 4.27. The van der Waals surface area contributed by atoms with Crippen molar-refractivity contribution in [3.63, 3.8) is 0 Å². The lowest BCUT2D eigenvalue weighted by Gasteiger charge is -2.44. The summed E-state index contributed by atoms with van der Waals surface area (Å²) < 4.78 is 5.66. The van der Waals surface area contributed by atoms with Crippen molar-refractivity contribution in [2.75, 3.05) is 6.61 Å². The molecule has 2 amide bonds. The van der Waals surface area contributed by atoms with Crippen molar-refractivity contribution < 1.29 is 14.3 Å². The number of nitrogens with one attached hydrogen (secondary N) is 1. The molecule has 21 heavy (non-hydrogen) atoms. The molecule has 2 aliphatic rings. The minimum absolute atomic E-state index is 0.0110. The molecule has 1 N–H and O–H groups in total. The molecule has 0 aromatic heterocycles. The zero-order chi connectivity index (χ0) is 15.0. The van der Waals surface area contributed by atoms with E-state index in [4.69, 9.17) is 4.74 Å². The molecule has 5 nitrogen and oxygen atoms in total. The number of piperazine rings is 1. The Labute approximate surface area is 124 Å². The van der Waals surface area contributed by atoms with Crippen molar-refractivity contribution in [1.29, 1.82) is 0 Å². The molecule has 1 aromatic rings. The molecule has 0 aliphatic carbocycles. The Bertz CT molecular complexity index is 572. The molecular weight excluding hydrogens is 268 g/mol. The van der Waals surface area contributed by atoms with Crippen LogP contribution >= 0.6 is 0 Å². The molecular formula is C16H20N2O3. The number of rotatable bonds is 2. The molecule has 3 rings (SSSR count). The summed E-state index contributed by atoms with van der Waals surface area (Å²) >= 11 is 0. The van der Waals surface area contributed by atoms with Gasteiger partial charge in [-0.3, -0.25) is 9.59 Å². The predicted octanol–water partition coefficient (Wildman–Crippen LogP) is 1.64. The second-order valence-corrected chi connectivity index (χ2v) is 5.59. The maximum Gasteiger partial charge on any atom is 0.246 e. The van der Waals surface area contributed by atoms with Crippen molar-refractivity contribution in [2.45, 2.75) is 44.8 Å². The predicted molar refractivity (Wildman–Crippen MR) is 77.8 cm³/mol. The molecule has 2 heterocycles. The highest BCUT2D eigenvalue weighted by molar-refractivity contribution is 5.97. The SMILES string of the molecule is CCC1C(=O)NC(C)C(=O)N1C1CCOc2ccccc21. The maximum atomic E-state index is 12.6. The van der Waals surface area contributed by atoms with Gasteiger partial charge in [0, 0.05) is 12.0 Å². The Morgan fingerprint density at radius 2 is 2.10 bits per heavy atom. The van der Waals surface area contributed by atoms with Crippen LogP contribution in [0, 0.1) is 0 Å². The van der Waals surface area contributed by atoms with Crippen LogP contribution in [0.25, 0.3) is 0 Å². The van der Waals surface area contributed by atoms with Crippen LogP contribution < -0.4 is 10.1 Å². The fourth-order valence-corrected chi connectivity index (χ4v) is 3.24. The number of para-hydroxylation sites is 1. The summed E-state index contributed by atoms with van der Waals surface area (Å²) in [7, 11) is 0. The second-order valence-electron chi connectivity index (χ2n) is 5.59. The van der Waals surface area contributed by atoms with Crippen molar-refractivity contribution in [3.8, 4) is 5.75 Å². The van der Waals surface area contributed by atoms with Crippen LogP contribution in [-0.4, -0.2) is 35.4 Å². The first-order valence-corrected chi connectivity index (χ1v) is 7.47. The van der Waals surface area contributed by atoms with Crippen molar-refractivity contribution >= 4 is 11.8 Å². The fourth-order valence-electron chi connectivity index (χ4n) is 3.24. The third-order valence-corrected chi connectivity index (χ3v) is 4.27. The molecule has 0 radical (unpaired) electrons. The first-order chi connectivity index (χ1) is 10.1. The summed E-state index contributed by atoms with van der Waals surface area (Å²) in [6, 6.07) is 6.82. The average molecular weight is 288 g/mol. The van der Waals surface area contributed by atoms with Gasteiger partial charge in [0.1, 0.15) is 17.8 Å². The monoisotopic (exact) mass is 288 g/mol. The summed E-state index contributed by atoms with van der Waals surface area (Å²) in [6.07, 6.45) is 1.34. The number of carbonyl (C=O) groups is 2. The normalized spacial score (nSPS) is 28.7. The van der Waals surface area contributed by atoms with E-state index in [0.717, 1.165) is 17.7 Å². The van der Waals surface area contributed by atoms with Crippen LogP contribution in [0.15, 0.2) is 24.3 Å². The molecule has 0 saturated carbocycles. The number of ether oxygens (including phenoxy) is 1. The molecule has 0 bridgehead atoms. The van der Waals surface area contributed by atoms with Gasteiger partial charge in [0.05, 0.1) is 12.6 Å².